The average molecular weight is 384 g/mol. The van der Waals surface area contributed by atoms with E-state index in [1.165, 1.54) is 12.1 Å². The van der Waals surface area contributed by atoms with E-state index in [2.05, 4.69) is 20.9 Å². The summed E-state index contributed by atoms with van der Waals surface area (Å²) >= 11 is 6.16. The molecule has 1 aromatic rings. The zero-order chi connectivity index (χ0) is 19.3. The molecule has 26 heavy (non-hydrogen) atoms. The molecule has 0 atom stereocenters. The second-order valence-electron chi connectivity index (χ2n) is 6.56. The fourth-order valence-electron chi connectivity index (χ4n) is 2.63. The highest BCUT2D eigenvalue weighted by Crippen LogP contribution is 2.29. The Bertz CT molecular complexity index is 707. The highest BCUT2D eigenvalue weighted by molar-refractivity contribution is 6.31. The summed E-state index contributed by atoms with van der Waals surface area (Å²) in [6, 6.07) is 3.97. The predicted molar refractivity (Wildman–Crippen MR) is 98.9 cm³/mol. The Kier molecular flexibility index (Phi) is 6.42. The standard InChI is InChI=1S/C17H23ClFN5O2/c1-17(2,12-5-4-11(19)8-13(12)18)10-23-15(20-3)21-6-7-24-14(25)9-22-16(24)26/h4-5,8H,6-7,9-10H2,1-3H3,(H,22,26)(H2,20,21,23). The maximum atomic E-state index is 13.2. The van der Waals surface area contributed by atoms with Gasteiger partial charge in [0.1, 0.15) is 5.82 Å². The second-order valence-corrected chi connectivity index (χ2v) is 6.97. The summed E-state index contributed by atoms with van der Waals surface area (Å²) in [5.41, 5.74) is 0.454. The molecule has 1 aliphatic rings. The molecule has 1 saturated heterocycles. The van der Waals surface area contributed by atoms with E-state index in [4.69, 9.17) is 11.6 Å². The number of halogens is 2. The van der Waals surface area contributed by atoms with Crippen molar-refractivity contribution in [2.75, 3.05) is 33.2 Å². The van der Waals surface area contributed by atoms with Crippen LogP contribution in [0.15, 0.2) is 23.2 Å². The Labute approximate surface area is 157 Å². The Morgan fingerprint density at radius 2 is 2.12 bits per heavy atom. The summed E-state index contributed by atoms with van der Waals surface area (Å²) in [7, 11) is 1.63. The normalized spacial score (nSPS) is 15.3. The van der Waals surface area contributed by atoms with Crippen LogP contribution in [0, 0.1) is 5.82 Å². The molecule has 0 unspecified atom stereocenters. The maximum Gasteiger partial charge on any atom is 0.324 e. The molecule has 1 aliphatic heterocycles. The number of amides is 3. The smallest absolute Gasteiger partial charge is 0.324 e. The third-order valence-corrected chi connectivity index (χ3v) is 4.46. The van der Waals surface area contributed by atoms with Crippen LogP contribution in [0.3, 0.4) is 0 Å². The minimum atomic E-state index is -0.383. The van der Waals surface area contributed by atoms with Gasteiger partial charge >= 0.3 is 6.03 Å². The van der Waals surface area contributed by atoms with Gasteiger partial charge in [-0.3, -0.25) is 14.7 Å². The molecular formula is C17H23ClFN5O2. The minimum Gasteiger partial charge on any atom is -0.356 e. The third-order valence-electron chi connectivity index (χ3n) is 4.15. The lowest BCUT2D eigenvalue weighted by Gasteiger charge is -2.28. The van der Waals surface area contributed by atoms with Crippen LogP contribution in [0.5, 0.6) is 0 Å². The quantitative estimate of drug-likeness (QED) is 0.394. The first kappa shape index (κ1) is 20.0. The van der Waals surface area contributed by atoms with Gasteiger partial charge < -0.3 is 16.0 Å². The summed E-state index contributed by atoms with van der Waals surface area (Å²) in [5, 5.41) is 9.08. The van der Waals surface area contributed by atoms with Crippen molar-refractivity contribution in [1.29, 1.82) is 0 Å². The van der Waals surface area contributed by atoms with Gasteiger partial charge in [-0.15, -0.1) is 0 Å². The number of nitrogens with zero attached hydrogens (tertiary/aromatic N) is 2. The number of urea groups is 1. The number of hydrogen-bond acceptors (Lipinski definition) is 3. The molecule has 3 N–H and O–H groups in total. The SMILES string of the molecule is CN=C(NCCN1C(=O)CNC1=O)NCC(C)(C)c1ccc(F)cc1Cl. The van der Waals surface area contributed by atoms with E-state index in [-0.39, 0.29) is 36.3 Å². The van der Waals surface area contributed by atoms with Gasteiger partial charge in [0.15, 0.2) is 5.96 Å². The van der Waals surface area contributed by atoms with E-state index in [1.807, 2.05) is 13.8 Å². The van der Waals surface area contributed by atoms with E-state index < -0.39 is 0 Å². The Morgan fingerprint density at radius 1 is 1.38 bits per heavy atom. The molecule has 0 bridgehead atoms. The zero-order valence-corrected chi connectivity index (χ0v) is 15.8. The van der Waals surface area contributed by atoms with E-state index >= 15 is 0 Å². The van der Waals surface area contributed by atoms with Crippen molar-refractivity contribution in [1.82, 2.24) is 20.9 Å². The molecule has 1 fully saturated rings. The second kappa shape index (κ2) is 8.35. The lowest BCUT2D eigenvalue weighted by atomic mass is 9.84. The van der Waals surface area contributed by atoms with Crippen molar-refractivity contribution >= 4 is 29.5 Å². The molecule has 0 saturated carbocycles. The van der Waals surface area contributed by atoms with Crippen LogP contribution in [0.2, 0.25) is 5.02 Å². The molecule has 0 radical (unpaired) electrons. The fraction of sp³-hybridized carbons (Fsp3) is 0.471. The molecule has 142 valence electrons. The fourth-order valence-corrected chi connectivity index (χ4v) is 3.05. The molecule has 7 nitrogen and oxygen atoms in total. The molecule has 1 aromatic carbocycles. The van der Waals surface area contributed by atoms with Crippen LogP contribution in [0.4, 0.5) is 9.18 Å². The van der Waals surface area contributed by atoms with Crippen LogP contribution >= 0.6 is 11.6 Å². The lowest BCUT2D eigenvalue weighted by molar-refractivity contribution is -0.124. The number of carbonyl (C=O) groups is 2. The van der Waals surface area contributed by atoms with Gasteiger partial charge in [-0.05, 0) is 17.7 Å². The van der Waals surface area contributed by atoms with Crippen LogP contribution in [-0.2, 0) is 10.2 Å². The van der Waals surface area contributed by atoms with Crippen molar-refractivity contribution in [3.63, 3.8) is 0 Å². The summed E-state index contributed by atoms with van der Waals surface area (Å²) in [6.45, 7) is 5.13. The maximum absolute atomic E-state index is 13.2. The third kappa shape index (κ3) is 4.85. The topological polar surface area (TPSA) is 85.8 Å². The Balaban J connectivity index is 1.87. The number of guanidine groups is 1. The predicted octanol–water partition coefficient (Wildman–Crippen LogP) is 1.47. The van der Waals surface area contributed by atoms with E-state index in [9.17, 15) is 14.0 Å². The number of aliphatic imine (C=N–C) groups is 1. The summed E-state index contributed by atoms with van der Waals surface area (Å²) in [5.74, 6) is -0.0873. The average Bonchev–Trinajstić information content (AvgIpc) is 2.89. The molecule has 0 aliphatic carbocycles. The first-order valence-electron chi connectivity index (χ1n) is 8.23. The summed E-state index contributed by atoms with van der Waals surface area (Å²) in [6.07, 6.45) is 0. The van der Waals surface area contributed by atoms with Gasteiger partial charge in [0.05, 0.1) is 6.54 Å². The molecule has 0 spiro atoms. The summed E-state index contributed by atoms with van der Waals surface area (Å²) < 4.78 is 13.2. The monoisotopic (exact) mass is 383 g/mol. The highest BCUT2D eigenvalue weighted by atomic mass is 35.5. The van der Waals surface area contributed by atoms with E-state index in [1.54, 1.807) is 13.1 Å². The number of nitrogens with one attached hydrogen (secondary N) is 3. The Hall–Kier alpha value is -2.35. The number of imide groups is 1. The minimum absolute atomic E-state index is 0.0401. The molecule has 3 amide bonds. The largest absolute Gasteiger partial charge is 0.356 e. The molecule has 2 rings (SSSR count). The van der Waals surface area contributed by atoms with Gasteiger partial charge in [0, 0.05) is 37.1 Å². The first-order chi connectivity index (χ1) is 12.2. The Morgan fingerprint density at radius 3 is 2.69 bits per heavy atom. The van der Waals surface area contributed by atoms with Crippen LogP contribution in [0.1, 0.15) is 19.4 Å². The van der Waals surface area contributed by atoms with Crippen molar-refractivity contribution in [3.05, 3.63) is 34.6 Å². The van der Waals surface area contributed by atoms with Crippen molar-refractivity contribution in [2.24, 2.45) is 4.99 Å². The number of hydrogen-bond donors (Lipinski definition) is 3. The van der Waals surface area contributed by atoms with Crippen molar-refractivity contribution < 1.29 is 14.0 Å². The zero-order valence-electron chi connectivity index (χ0n) is 15.0. The first-order valence-corrected chi connectivity index (χ1v) is 8.60. The van der Waals surface area contributed by atoms with Gasteiger partial charge in [-0.1, -0.05) is 31.5 Å². The van der Waals surface area contributed by atoms with Crippen LogP contribution < -0.4 is 16.0 Å². The molecule has 0 aromatic heterocycles. The van der Waals surface area contributed by atoms with Crippen molar-refractivity contribution in [3.8, 4) is 0 Å². The molecular weight excluding hydrogens is 361 g/mol. The van der Waals surface area contributed by atoms with Crippen LogP contribution in [0.25, 0.3) is 0 Å². The highest BCUT2D eigenvalue weighted by Gasteiger charge is 2.28. The van der Waals surface area contributed by atoms with Gasteiger partial charge in [0.25, 0.3) is 0 Å². The van der Waals surface area contributed by atoms with Crippen LogP contribution in [-0.4, -0.2) is 56.0 Å². The number of rotatable bonds is 6. The van der Waals surface area contributed by atoms with Gasteiger partial charge in [-0.25, -0.2) is 9.18 Å². The number of carbonyl (C=O) groups excluding carboxylic acids is 2. The van der Waals surface area contributed by atoms with E-state index in [0.717, 1.165) is 10.5 Å². The van der Waals surface area contributed by atoms with E-state index in [0.29, 0.717) is 24.1 Å². The number of benzene rings is 1. The lowest BCUT2D eigenvalue weighted by Crippen LogP contribution is -2.46. The molecule has 9 heteroatoms. The van der Waals surface area contributed by atoms with Crippen molar-refractivity contribution in [2.45, 2.75) is 19.3 Å². The molecule has 1 heterocycles. The van der Waals surface area contributed by atoms with Gasteiger partial charge in [0.2, 0.25) is 5.91 Å². The summed E-state index contributed by atoms with van der Waals surface area (Å²) in [4.78, 5) is 28.3. The van der Waals surface area contributed by atoms with Gasteiger partial charge in [-0.2, -0.15) is 0 Å².